The van der Waals surface area contributed by atoms with Gasteiger partial charge in [-0.2, -0.15) is 0 Å². The maximum atomic E-state index is 12.1. The van der Waals surface area contributed by atoms with Gasteiger partial charge in [0.15, 0.2) is 0 Å². The highest BCUT2D eigenvalue weighted by Crippen LogP contribution is 2.42. The standard InChI is InChI=1S/C23H27N3O4/c1-25-18-7-8-19-17(20(18)21(24-25)30-23(28)22(27)29-19)11-14-26-12-9-16(10-13-26)15-5-3-2-4-6-15/h2-6,16-17,19H,7-14H2,1H3. The molecule has 2 unspecified atom stereocenters. The number of aromatic nitrogens is 2. The molecule has 158 valence electrons. The summed E-state index contributed by atoms with van der Waals surface area (Å²) in [7, 11) is 1.86. The fourth-order valence-corrected chi connectivity index (χ4v) is 5.28. The molecule has 1 aromatic carbocycles. The minimum atomic E-state index is -0.978. The third-order valence-electron chi connectivity index (χ3n) is 6.89. The zero-order valence-electron chi connectivity index (χ0n) is 17.3. The summed E-state index contributed by atoms with van der Waals surface area (Å²) in [5.41, 5.74) is 3.47. The molecule has 2 atom stereocenters. The lowest BCUT2D eigenvalue weighted by Crippen LogP contribution is -2.39. The largest absolute Gasteiger partial charge is 0.453 e. The molecular formula is C23H27N3O4. The highest BCUT2D eigenvalue weighted by molar-refractivity contribution is 6.30. The number of hydrogen-bond donors (Lipinski definition) is 0. The van der Waals surface area contributed by atoms with Crippen LogP contribution in [0.25, 0.3) is 0 Å². The monoisotopic (exact) mass is 409 g/mol. The second kappa shape index (κ2) is 7.87. The van der Waals surface area contributed by atoms with E-state index in [0.29, 0.717) is 12.3 Å². The summed E-state index contributed by atoms with van der Waals surface area (Å²) in [6.45, 7) is 3.07. The minimum absolute atomic E-state index is 0.0151. The van der Waals surface area contributed by atoms with Gasteiger partial charge in [0.2, 0.25) is 5.88 Å². The lowest BCUT2D eigenvalue weighted by molar-refractivity contribution is -0.168. The third-order valence-corrected chi connectivity index (χ3v) is 6.89. The van der Waals surface area contributed by atoms with Gasteiger partial charge in [0, 0.05) is 24.2 Å². The molecule has 0 radical (unpaired) electrons. The fraction of sp³-hybridized carbons (Fsp3) is 0.522. The number of ether oxygens (including phenoxy) is 2. The van der Waals surface area contributed by atoms with Crippen molar-refractivity contribution < 1.29 is 19.1 Å². The van der Waals surface area contributed by atoms with Gasteiger partial charge < -0.3 is 14.4 Å². The number of carbonyl (C=O) groups excluding carboxylic acids is 2. The minimum Gasteiger partial charge on any atom is -0.453 e. The van der Waals surface area contributed by atoms with Crippen molar-refractivity contribution in [3.63, 3.8) is 0 Å². The number of aryl methyl sites for hydroxylation is 1. The molecule has 1 aliphatic carbocycles. The van der Waals surface area contributed by atoms with Gasteiger partial charge >= 0.3 is 11.9 Å². The summed E-state index contributed by atoms with van der Waals surface area (Å²) in [5, 5.41) is 4.38. The van der Waals surface area contributed by atoms with Gasteiger partial charge in [-0.15, -0.1) is 5.10 Å². The predicted molar refractivity (Wildman–Crippen MR) is 109 cm³/mol. The number of carbonyl (C=O) groups is 2. The zero-order chi connectivity index (χ0) is 20.7. The maximum absolute atomic E-state index is 12.1. The highest BCUT2D eigenvalue weighted by atomic mass is 16.6. The molecule has 0 spiro atoms. The molecule has 3 heterocycles. The molecule has 0 N–H and O–H groups in total. The average molecular weight is 409 g/mol. The fourth-order valence-electron chi connectivity index (χ4n) is 5.28. The van der Waals surface area contributed by atoms with Crippen molar-refractivity contribution in [3.8, 4) is 5.88 Å². The van der Waals surface area contributed by atoms with E-state index in [1.807, 2.05) is 7.05 Å². The van der Waals surface area contributed by atoms with Crippen molar-refractivity contribution >= 4 is 11.9 Å². The number of hydrogen-bond acceptors (Lipinski definition) is 6. The molecule has 5 rings (SSSR count). The van der Waals surface area contributed by atoms with Crippen molar-refractivity contribution in [1.29, 1.82) is 0 Å². The van der Waals surface area contributed by atoms with Crippen LogP contribution in [0.1, 0.15) is 54.3 Å². The van der Waals surface area contributed by atoms with E-state index in [1.165, 1.54) is 5.56 Å². The van der Waals surface area contributed by atoms with E-state index in [4.69, 9.17) is 9.47 Å². The van der Waals surface area contributed by atoms with E-state index in [2.05, 4.69) is 40.3 Å². The Morgan fingerprint density at radius 2 is 1.83 bits per heavy atom. The van der Waals surface area contributed by atoms with Gasteiger partial charge in [0.1, 0.15) is 6.10 Å². The molecule has 2 aliphatic heterocycles. The van der Waals surface area contributed by atoms with E-state index in [9.17, 15) is 9.59 Å². The van der Waals surface area contributed by atoms with Crippen LogP contribution in [-0.2, 0) is 27.8 Å². The van der Waals surface area contributed by atoms with Crippen molar-refractivity contribution in [2.24, 2.45) is 7.05 Å². The second-order valence-corrected chi connectivity index (χ2v) is 8.58. The first-order chi connectivity index (χ1) is 14.6. The Bertz CT molecular complexity index is 947. The molecule has 3 aliphatic rings. The van der Waals surface area contributed by atoms with Crippen molar-refractivity contribution in [2.45, 2.75) is 50.0 Å². The number of nitrogens with zero attached hydrogens (tertiary/aromatic N) is 3. The lowest BCUT2D eigenvalue weighted by atomic mass is 9.81. The summed E-state index contributed by atoms with van der Waals surface area (Å²) in [4.78, 5) is 26.5. The smallest absolute Gasteiger partial charge is 0.424 e. The normalized spacial score (nSPS) is 24.7. The van der Waals surface area contributed by atoms with Crippen LogP contribution in [0, 0.1) is 0 Å². The second-order valence-electron chi connectivity index (χ2n) is 8.58. The first-order valence-electron chi connectivity index (χ1n) is 10.9. The number of piperidine rings is 1. The Labute approximate surface area is 175 Å². The Kier molecular flexibility index (Phi) is 5.06. The van der Waals surface area contributed by atoms with E-state index < -0.39 is 11.9 Å². The Morgan fingerprint density at radius 3 is 2.60 bits per heavy atom. The molecule has 7 heteroatoms. The molecule has 30 heavy (non-hydrogen) atoms. The van der Waals surface area contributed by atoms with Gasteiger partial charge in [-0.05, 0) is 63.2 Å². The van der Waals surface area contributed by atoms with E-state index in [0.717, 1.165) is 56.6 Å². The molecule has 1 fully saturated rings. The number of fused-ring (bicyclic) bond motifs is 1. The molecule has 1 saturated heterocycles. The summed E-state index contributed by atoms with van der Waals surface area (Å²) in [5.74, 6) is -0.956. The van der Waals surface area contributed by atoms with Crippen LogP contribution in [0.4, 0.5) is 0 Å². The molecular weight excluding hydrogens is 382 g/mol. The summed E-state index contributed by atoms with van der Waals surface area (Å²) in [6, 6.07) is 10.8. The van der Waals surface area contributed by atoms with Crippen LogP contribution in [0.5, 0.6) is 5.88 Å². The van der Waals surface area contributed by atoms with E-state index in [1.54, 1.807) is 4.68 Å². The maximum Gasteiger partial charge on any atom is 0.424 e. The topological polar surface area (TPSA) is 73.7 Å². The van der Waals surface area contributed by atoms with Crippen molar-refractivity contribution in [1.82, 2.24) is 14.7 Å². The molecule has 2 aromatic rings. The number of esters is 2. The number of likely N-dealkylation sites (tertiary alicyclic amines) is 1. The van der Waals surface area contributed by atoms with Crippen LogP contribution in [0.3, 0.4) is 0 Å². The van der Waals surface area contributed by atoms with Crippen LogP contribution in [0.2, 0.25) is 0 Å². The van der Waals surface area contributed by atoms with E-state index in [-0.39, 0.29) is 17.9 Å². The van der Waals surface area contributed by atoms with Crippen molar-refractivity contribution in [3.05, 3.63) is 47.2 Å². The van der Waals surface area contributed by atoms with Gasteiger partial charge in [-0.25, -0.2) is 9.59 Å². The Balaban J connectivity index is 1.28. The molecule has 2 bridgehead atoms. The summed E-state index contributed by atoms with van der Waals surface area (Å²) < 4.78 is 12.6. The lowest BCUT2D eigenvalue weighted by Gasteiger charge is -2.36. The highest BCUT2D eigenvalue weighted by Gasteiger charge is 2.42. The Hall–Kier alpha value is -2.67. The molecule has 1 aromatic heterocycles. The average Bonchev–Trinajstić information content (AvgIpc) is 3.07. The Morgan fingerprint density at radius 1 is 1.07 bits per heavy atom. The van der Waals surface area contributed by atoms with Crippen LogP contribution in [-0.4, -0.2) is 52.4 Å². The van der Waals surface area contributed by atoms with Crippen LogP contribution >= 0.6 is 0 Å². The number of benzene rings is 1. The van der Waals surface area contributed by atoms with E-state index >= 15 is 0 Å². The summed E-state index contributed by atoms with van der Waals surface area (Å²) >= 11 is 0. The van der Waals surface area contributed by atoms with Gasteiger partial charge in [-0.1, -0.05) is 30.3 Å². The van der Waals surface area contributed by atoms with Crippen molar-refractivity contribution in [2.75, 3.05) is 19.6 Å². The third kappa shape index (κ3) is 3.51. The summed E-state index contributed by atoms with van der Waals surface area (Å²) in [6.07, 6.45) is 4.38. The first kappa shape index (κ1) is 19.3. The number of rotatable bonds is 4. The van der Waals surface area contributed by atoms with Gasteiger partial charge in [0.05, 0.1) is 0 Å². The quantitative estimate of drug-likeness (QED) is 0.571. The van der Waals surface area contributed by atoms with Gasteiger partial charge in [0.25, 0.3) is 0 Å². The SMILES string of the molecule is Cn1nc2c3c1CCC(OC(=O)C(=O)O2)C3CCN1CCC(c2ccccc2)CC1. The van der Waals surface area contributed by atoms with Gasteiger partial charge in [-0.3, -0.25) is 4.68 Å². The molecule has 0 saturated carbocycles. The van der Waals surface area contributed by atoms with Crippen LogP contribution in [0.15, 0.2) is 30.3 Å². The predicted octanol–water partition coefficient (Wildman–Crippen LogP) is 2.55. The molecule has 0 amide bonds. The first-order valence-corrected chi connectivity index (χ1v) is 10.9. The molecule has 7 nitrogen and oxygen atoms in total. The zero-order valence-corrected chi connectivity index (χ0v) is 17.3. The van der Waals surface area contributed by atoms with Crippen LogP contribution < -0.4 is 4.74 Å².